The van der Waals surface area contributed by atoms with Crippen LogP contribution in [0.1, 0.15) is 42.1 Å². The molecule has 3 rings (SSSR count). The molecule has 1 aromatic carbocycles. The molecule has 1 aromatic heterocycles. The molecule has 1 aliphatic heterocycles. The summed E-state index contributed by atoms with van der Waals surface area (Å²) in [7, 11) is 0. The van der Waals surface area contributed by atoms with E-state index in [-0.39, 0.29) is 24.6 Å². The summed E-state index contributed by atoms with van der Waals surface area (Å²) in [5, 5.41) is 21.1. The van der Waals surface area contributed by atoms with E-state index in [9.17, 15) is 19.8 Å². The van der Waals surface area contributed by atoms with Crippen molar-refractivity contribution in [2.75, 3.05) is 19.7 Å². The summed E-state index contributed by atoms with van der Waals surface area (Å²) in [6.07, 6.45) is 1.36. The van der Waals surface area contributed by atoms with E-state index in [2.05, 4.69) is 4.98 Å². The van der Waals surface area contributed by atoms with Gasteiger partial charge in [-0.15, -0.1) is 0 Å². The molecule has 6 heteroatoms. The third-order valence-corrected chi connectivity index (χ3v) is 5.56. The summed E-state index contributed by atoms with van der Waals surface area (Å²) in [4.78, 5) is 29.4. The lowest BCUT2D eigenvalue weighted by Gasteiger charge is -2.44. The predicted octanol–water partition coefficient (Wildman–Crippen LogP) is 1.82. The fraction of sp³-hybridized carbons (Fsp3) is 0.500. The Morgan fingerprint density at radius 3 is 2.81 bits per heavy atom. The van der Waals surface area contributed by atoms with Gasteiger partial charge in [0, 0.05) is 35.5 Å². The average molecular weight is 358 g/mol. The molecule has 1 saturated heterocycles. The van der Waals surface area contributed by atoms with Crippen molar-refractivity contribution in [1.29, 1.82) is 0 Å². The molecule has 0 bridgehead atoms. The first-order valence-corrected chi connectivity index (χ1v) is 9.12. The van der Waals surface area contributed by atoms with Crippen LogP contribution >= 0.6 is 0 Å². The van der Waals surface area contributed by atoms with Crippen LogP contribution in [-0.2, 0) is 0 Å². The Morgan fingerprint density at radius 2 is 2.15 bits per heavy atom. The smallest absolute Gasteiger partial charge is 0.254 e. The van der Waals surface area contributed by atoms with Gasteiger partial charge in [-0.05, 0) is 31.9 Å². The topological polar surface area (TPSA) is 93.6 Å². The van der Waals surface area contributed by atoms with Gasteiger partial charge in [0.2, 0.25) is 5.56 Å². The molecule has 2 atom stereocenters. The van der Waals surface area contributed by atoms with Gasteiger partial charge < -0.3 is 20.1 Å². The zero-order chi connectivity index (χ0) is 18.9. The molecule has 26 heavy (non-hydrogen) atoms. The van der Waals surface area contributed by atoms with Crippen LogP contribution in [0.3, 0.4) is 0 Å². The lowest BCUT2D eigenvalue weighted by Crippen LogP contribution is -2.54. The van der Waals surface area contributed by atoms with E-state index in [1.165, 1.54) is 6.07 Å². The van der Waals surface area contributed by atoms with Gasteiger partial charge >= 0.3 is 0 Å². The molecule has 2 heterocycles. The zero-order valence-corrected chi connectivity index (χ0v) is 15.3. The molecule has 1 unspecified atom stereocenters. The molecule has 0 spiro atoms. The third-order valence-electron chi connectivity index (χ3n) is 5.56. The first-order valence-electron chi connectivity index (χ1n) is 9.12. The van der Waals surface area contributed by atoms with Crippen LogP contribution in [0.25, 0.3) is 10.9 Å². The number of hydrogen-bond acceptors (Lipinski definition) is 4. The van der Waals surface area contributed by atoms with Crippen LogP contribution in [0.2, 0.25) is 0 Å². The number of aromatic amines is 1. The number of aromatic nitrogens is 1. The normalized spacial score (nSPS) is 23.4. The van der Waals surface area contributed by atoms with Gasteiger partial charge in [0.05, 0.1) is 18.3 Å². The number of β-amino-alcohol motifs (C(OH)–C–C–N with tert-alkyl or cyclic N) is 1. The van der Waals surface area contributed by atoms with Gasteiger partial charge in [-0.1, -0.05) is 25.0 Å². The standard InChI is InChI=1S/C20H26N2O4/c1-3-6-20(12-23)7-8-22(11-17(20)24)19(26)15-10-18(25)21-16-5-4-13(2)9-14(15)16/h4-5,9-10,17,23-24H,3,6-8,11-12H2,1-2H3,(H,21,25)/t17?,20-/m1/s1. The van der Waals surface area contributed by atoms with Gasteiger partial charge in [0.1, 0.15) is 0 Å². The van der Waals surface area contributed by atoms with E-state index in [4.69, 9.17) is 0 Å². The van der Waals surface area contributed by atoms with Crippen LogP contribution in [0.15, 0.2) is 29.1 Å². The fourth-order valence-electron chi connectivity index (χ4n) is 3.97. The number of nitrogens with zero attached hydrogens (tertiary/aromatic N) is 1. The SMILES string of the molecule is CCC[C@]1(CO)CCN(C(=O)c2cc(=O)[nH]c3ccc(C)cc23)CC1O. The Morgan fingerprint density at radius 1 is 1.38 bits per heavy atom. The second-order valence-corrected chi connectivity index (χ2v) is 7.38. The van der Waals surface area contributed by atoms with Crippen LogP contribution in [-0.4, -0.2) is 51.8 Å². The van der Waals surface area contributed by atoms with Crippen molar-refractivity contribution < 1.29 is 15.0 Å². The summed E-state index contributed by atoms with van der Waals surface area (Å²) in [6, 6.07) is 6.90. The van der Waals surface area contributed by atoms with E-state index >= 15 is 0 Å². The second-order valence-electron chi connectivity index (χ2n) is 7.38. The highest BCUT2D eigenvalue weighted by Gasteiger charge is 2.42. The van der Waals surface area contributed by atoms with Crippen molar-refractivity contribution in [3.63, 3.8) is 0 Å². The van der Waals surface area contributed by atoms with Crippen LogP contribution in [0, 0.1) is 12.3 Å². The lowest BCUT2D eigenvalue weighted by atomic mass is 9.73. The highest BCUT2D eigenvalue weighted by molar-refractivity contribution is 6.06. The number of aliphatic hydroxyl groups is 2. The van der Waals surface area contributed by atoms with Crippen LogP contribution < -0.4 is 5.56 Å². The van der Waals surface area contributed by atoms with Gasteiger partial charge in [0.25, 0.3) is 5.91 Å². The Balaban J connectivity index is 1.93. The van der Waals surface area contributed by atoms with Crippen molar-refractivity contribution in [2.45, 2.75) is 39.2 Å². The number of nitrogens with one attached hydrogen (secondary N) is 1. The number of carbonyl (C=O) groups is 1. The van der Waals surface area contributed by atoms with Crippen molar-refractivity contribution in [1.82, 2.24) is 9.88 Å². The number of pyridine rings is 1. The molecule has 1 amide bonds. The molecule has 0 saturated carbocycles. The number of amides is 1. The van der Waals surface area contributed by atoms with Crippen molar-refractivity contribution >= 4 is 16.8 Å². The quantitative estimate of drug-likeness (QED) is 0.777. The Kier molecular flexibility index (Phi) is 5.16. The van der Waals surface area contributed by atoms with E-state index in [1.54, 1.807) is 11.0 Å². The number of aryl methyl sites for hydroxylation is 1. The zero-order valence-electron chi connectivity index (χ0n) is 15.3. The van der Waals surface area contributed by atoms with Gasteiger partial charge in [-0.25, -0.2) is 0 Å². The minimum atomic E-state index is -0.778. The highest BCUT2D eigenvalue weighted by Crippen LogP contribution is 2.36. The number of benzene rings is 1. The first kappa shape index (κ1) is 18.6. The van der Waals surface area contributed by atoms with Crippen molar-refractivity contribution in [2.24, 2.45) is 5.41 Å². The van der Waals surface area contributed by atoms with Gasteiger partial charge in [-0.3, -0.25) is 9.59 Å². The first-order chi connectivity index (χ1) is 12.4. The van der Waals surface area contributed by atoms with E-state index in [0.717, 1.165) is 18.4 Å². The van der Waals surface area contributed by atoms with Crippen LogP contribution in [0.5, 0.6) is 0 Å². The number of likely N-dealkylation sites (tertiary alicyclic amines) is 1. The number of rotatable bonds is 4. The number of aliphatic hydroxyl groups excluding tert-OH is 2. The number of H-pyrrole nitrogens is 1. The molecule has 1 fully saturated rings. The maximum Gasteiger partial charge on any atom is 0.254 e. The van der Waals surface area contributed by atoms with Crippen molar-refractivity contribution in [3.05, 3.63) is 45.7 Å². The molecule has 6 nitrogen and oxygen atoms in total. The number of piperidine rings is 1. The minimum absolute atomic E-state index is 0.0861. The molecular weight excluding hydrogens is 332 g/mol. The number of fused-ring (bicyclic) bond motifs is 1. The van der Waals surface area contributed by atoms with E-state index in [0.29, 0.717) is 29.4 Å². The summed E-state index contributed by atoms with van der Waals surface area (Å²) in [6.45, 7) is 4.49. The Hall–Kier alpha value is -2.18. The predicted molar refractivity (Wildman–Crippen MR) is 100 cm³/mol. The maximum absolute atomic E-state index is 13.1. The van der Waals surface area contributed by atoms with E-state index in [1.807, 2.05) is 26.0 Å². The largest absolute Gasteiger partial charge is 0.396 e. The number of carbonyl (C=O) groups excluding carboxylic acids is 1. The molecule has 140 valence electrons. The fourth-order valence-corrected chi connectivity index (χ4v) is 3.97. The molecule has 0 aliphatic carbocycles. The molecular formula is C20H26N2O4. The summed E-state index contributed by atoms with van der Waals surface area (Å²) in [5.41, 5.74) is 1.11. The maximum atomic E-state index is 13.1. The van der Waals surface area contributed by atoms with Crippen LogP contribution in [0.4, 0.5) is 0 Å². The minimum Gasteiger partial charge on any atom is -0.396 e. The summed E-state index contributed by atoms with van der Waals surface area (Å²) >= 11 is 0. The van der Waals surface area contributed by atoms with Gasteiger partial charge in [0.15, 0.2) is 0 Å². The lowest BCUT2D eigenvalue weighted by molar-refractivity contribution is -0.0713. The Labute approximate surface area is 152 Å². The van der Waals surface area contributed by atoms with Crippen molar-refractivity contribution in [3.8, 4) is 0 Å². The average Bonchev–Trinajstić information content (AvgIpc) is 2.62. The third kappa shape index (κ3) is 3.27. The highest BCUT2D eigenvalue weighted by atomic mass is 16.3. The molecule has 2 aromatic rings. The molecule has 0 radical (unpaired) electrons. The monoisotopic (exact) mass is 358 g/mol. The van der Waals surface area contributed by atoms with E-state index < -0.39 is 11.5 Å². The Bertz CT molecular complexity index is 876. The summed E-state index contributed by atoms with van der Waals surface area (Å²) < 4.78 is 0. The molecule has 3 N–H and O–H groups in total. The summed E-state index contributed by atoms with van der Waals surface area (Å²) in [5.74, 6) is -0.256. The number of hydrogen-bond donors (Lipinski definition) is 3. The van der Waals surface area contributed by atoms with Gasteiger partial charge in [-0.2, -0.15) is 0 Å². The second kappa shape index (κ2) is 7.21. The molecule has 1 aliphatic rings.